The predicted molar refractivity (Wildman–Crippen MR) is 113 cm³/mol. The van der Waals surface area contributed by atoms with Crippen LogP contribution in [0.3, 0.4) is 0 Å². The van der Waals surface area contributed by atoms with Crippen LogP contribution in [0.1, 0.15) is 41.3 Å². The Balaban J connectivity index is 1.90. The molecule has 2 amide bonds. The number of anilines is 1. The zero-order chi connectivity index (χ0) is 19.6. The molecule has 0 unspecified atom stereocenters. The molecule has 0 aliphatic carbocycles. The minimum atomic E-state index is -0.185. The van der Waals surface area contributed by atoms with Gasteiger partial charge in [0.05, 0.1) is 6.42 Å². The van der Waals surface area contributed by atoms with Crippen LogP contribution < -0.4 is 16.0 Å². The molecule has 5 nitrogen and oxygen atoms in total. The third-order valence-corrected chi connectivity index (χ3v) is 4.27. The van der Waals surface area contributed by atoms with Crippen LogP contribution in [0.15, 0.2) is 48.5 Å². The lowest BCUT2D eigenvalue weighted by molar-refractivity contribution is -0.119. The average molecular weight is 384 g/mol. The normalized spacial score (nSPS) is 10.1. The smallest absolute Gasteiger partial charge is 0.251 e. The Morgan fingerprint density at radius 3 is 2.59 bits per heavy atom. The predicted octanol–water partition coefficient (Wildman–Crippen LogP) is 3.58. The first-order valence-corrected chi connectivity index (χ1v) is 9.44. The highest BCUT2D eigenvalue weighted by Crippen LogP contribution is 2.11. The lowest BCUT2D eigenvalue weighted by Gasteiger charge is -2.11. The number of thiocarbonyl (C=S) groups is 1. The largest absolute Gasteiger partial charge is 0.352 e. The van der Waals surface area contributed by atoms with Gasteiger partial charge in [0.25, 0.3) is 5.91 Å². The molecule has 27 heavy (non-hydrogen) atoms. The third kappa shape index (κ3) is 6.83. The fraction of sp³-hybridized carbons (Fsp3) is 0.286. The number of aryl methyl sites for hydroxylation is 1. The lowest BCUT2D eigenvalue weighted by Crippen LogP contribution is -2.35. The van der Waals surface area contributed by atoms with Gasteiger partial charge in [-0.15, -0.1) is 0 Å². The number of unbranched alkanes of at least 4 members (excludes halogenated alkanes) is 1. The summed E-state index contributed by atoms with van der Waals surface area (Å²) in [4.78, 5) is 24.3. The van der Waals surface area contributed by atoms with Crippen molar-refractivity contribution in [1.29, 1.82) is 0 Å². The van der Waals surface area contributed by atoms with Gasteiger partial charge < -0.3 is 16.0 Å². The highest BCUT2D eigenvalue weighted by Gasteiger charge is 2.09. The molecule has 0 aliphatic heterocycles. The molecule has 0 atom stereocenters. The highest BCUT2D eigenvalue weighted by molar-refractivity contribution is 7.80. The van der Waals surface area contributed by atoms with Crippen LogP contribution in [-0.4, -0.2) is 23.5 Å². The summed E-state index contributed by atoms with van der Waals surface area (Å²) in [5.74, 6) is -0.308. The quantitative estimate of drug-likeness (QED) is 0.505. The van der Waals surface area contributed by atoms with Gasteiger partial charge in [0.1, 0.15) is 0 Å². The fourth-order valence-electron chi connectivity index (χ4n) is 2.53. The Labute approximate surface area is 165 Å². The second kappa shape index (κ2) is 10.4. The Kier molecular flexibility index (Phi) is 7.95. The van der Waals surface area contributed by atoms with Gasteiger partial charge >= 0.3 is 0 Å². The number of carbonyl (C=O) groups is 2. The van der Waals surface area contributed by atoms with Gasteiger partial charge in [-0.1, -0.05) is 43.7 Å². The van der Waals surface area contributed by atoms with Crippen LogP contribution in [0.4, 0.5) is 5.69 Å². The van der Waals surface area contributed by atoms with Gasteiger partial charge in [0.15, 0.2) is 5.11 Å². The van der Waals surface area contributed by atoms with Gasteiger partial charge in [0.2, 0.25) is 5.91 Å². The molecule has 0 radical (unpaired) electrons. The van der Waals surface area contributed by atoms with E-state index in [-0.39, 0.29) is 23.3 Å². The van der Waals surface area contributed by atoms with Crippen LogP contribution in [0.2, 0.25) is 0 Å². The molecule has 0 aliphatic rings. The molecule has 2 aromatic rings. The second-order valence-electron chi connectivity index (χ2n) is 6.30. The fourth-order valence-corrected chi connectivity index (χ4v) is 2.77. The van der Waals surface area contributed by atoms with Crippen molar-refractivity contribution in [1.82, 2.24) is 10.6 Å². The molecule has 3 N–H and O–H groups in total. The first-order valence-electron chi connectivity index (χ1n) is 9.03. The number of carbonyl (C=O) groups excluding carboxylic acids is 2. The summed E-state index contributed by atoms with van der Waals surface area (Å²) in [6.45, 7) is 4.70. The summed E-state index contributed by atoms with van der Waals surface area (Å²) in [5, 5.41) is 8.71. The summed E-state index contributed by atoms with van der Waals surface area (Å²) < 4.78 is 0. The van der Waals surface area contributed by atoms with E-state index in [1.54, 1.807) is 24.3 Å². The Bertz CT molecular complexity index is 821. The maximum Gasteiger partial charge on any atom is 0.251 e. The van der Waals surface area contributed by atoms with Crippen molar-refractivity contribution in [3.05, 3.63) is 65.2 Å². The molecule has 0 aromatic heterocycles. The van der Waals surface area contributed by atoms with Crippen molar-refractivity contribution in [3.63, 3.8) is 0 Å². The maximum atomic E-state index is 12.2. The summed E-state index contributed by atoms with van der Waals surface area (Å²) >= 11 is 5.21. The minimum Gasteiger partial charge on any atom is -0.352 e. The first kappa shape index (κ1) is 20.6. The molecule has 0 saturated carbocycles. The summed E-state index contributed by atoms with van der Waals surface area (Å²) in [5.41, 5.74) is 3.22. The van der Waals surface area contributed by atoms with E-state index in [0.717, 1.165) is 24.0 Å². The maximum absolute atomic E-state index is 12.2. The van der Waals surface area contributed by atoms with Gasteiger partial charge in [-0.2, -0.15) is 0 Å². The summed E-state index contributed by atoms with van der Waals surface area (Å²) in [6, 6.07) is 14.8. The number of amides is 2. The van der Waals surface area contributed by atoms with Gasteiger partial charge in [-0.05, 0) is 54.9 Å². The first-order chi connectivity index (χ1) is 13.0. The number of hydrogen-bond acceptors (Lipinski definition) is 3. The second-order valence-corrected chi connectivity index (χ2v) is 6.70. The molecule has 0 fully saturated rings. The van der Waals surface area contributed by atoms with E-state index >= 15 is 0 Å². The summed E-state index contributed by atoms with van der Waals surface area (Å²) in [6.07, 6.45) is 2.23. The van der Waals surface area contributed by atoms with E-state index in [4.69, 9.17) is 12.2 Å². The monoisotopic (exact) mass is 383 g/mol. The third-order valence-electron chi connectivity index (χ3n) is 4.06. The van der Waals surface area contributed by atoms with Gasteiger partial charge in [-0.25, -0.2) is 0 Å². The van der Waals surface area contributed by atoms with E-state index in [2.05, 4.69) is 22.9 Å². The molecule has 0 saturated heterocycles. The standard InChI is InChI=1S/C21H25N3O2S/c1-3-4-12-22-20(26)17-10-7-11-18(13-17)23-21(27)24-19(25)14-16-9-6-5-8-15(16)2/h5-11,13H,3-4,12,14H2,1-2H3,(H,22,26)(H2,23,24,25,27). The molecule has 2 aromatic carbocycles. The van der Waals surface area contributed by atoms with Crippen molar-refractivity contribution in [2.75, 3.05) is 11.9 Å². The Morgan fingerprint density at radius 2 is 1.85 bits per heavy atom. The van der Waals surface area contributed by atoms with Gasteiger partial charge in [0, 0.05) is 17.8 Å². The SMILES string of the molecule is CCCCNC(=O)c1cccc(NC(=S)NC(=O)Cc2ccccc2C)c1. The number of hydrogen-bond donors (Lipinski definition) is 3. The molecular formula is C21H25N3O2S. The molecule has 2 rings (SSSR count). The van der Waals surface area contributed by atoms with Crippen molar-refractivity contribution in [2.24, 2.45) is 0 Å². The Hall–Kier alpha value is -2.73. The lowest BCUT2D eigenvalue weighted by atomic mass is 10.1. The van der Waals surface area contributed by atoms with Crippen molar-refractivity contribution >= 4 is 34.8 Å². The number of benzene rings is 2. The highest BCUT2D eigenvalue weighted by atomic mass is 32.1. The Morgan fingerprint density at radius 1 is 1.07 bits per heavy atom. The van der Waals surface area contributed by atoms with E-state index in [1.165, 1.54) is 0 Å². The van der Waals surface area contributed by atoms with Crippen LogP contribution in [-0.2, 0) is 11.2 Å². The van der Waals surface area contributed by atoms with E-state index < -0.39 is 0 Å². The zero-order valence-corrected chi connectivity index (χ0v) is 16.5. The van der Waals surface area contributed by atoms with Gasteiger partial charge in [-0.3, -0.25) is 9.59 Å². The number of rotatable bonds is 7. The molecule has 142 valence electrons. The van der Waals surface area contributed by atoms with Crippen molar-refractivity contribution in [3.8, 4) is 0 Å². The van der Waals surface area contributed by atoms with Crippen LogP contribution in [0, 0.1) is 6.92 Å². The van der Waals surface area contributed by atoms with Crippen LogP contribution in [0.5, 0.6) is 0 Å². The van der Waals surface area contributed by atoms with Crippen LogP contribution >= 0.6 is 12.2 Å². The molecular weight excluding hydrogens is 358 g/mol. The molecule has 0 bridgehead atoms. The van der Waals surface area contributed by atoms with E-state index in [0.29, 0.717) is 17.8 Å². The molecule has 6 heteroatoms. The zero-order valence-electron chi connectivity index (χ0n) is 15.7. The van der Waals surface area contributed by atoms with Crippen molar-refractivity contribution in [2.45, 2.75) is 33.1 Å². The van der Waals surface area contributed by atoms with Crippen molar-refractivity contribution < 1.29 is 9.59 Å². The minimum absolute atomic E-state index is 0.124. The number of nitrogens with one attached hydrogen (secondary N) is 3. The topological polar surface area (TPSA) is 70.2 Å². The summed E-state index contributed by atoms with van der Waals surface area (Å²) in [7, 11) is 0. The molecule has 0 heterocycles. The molecule has 0 spiro atoms. The van der Waals surface area contributed by atoms with E-state index in [1.807, 2.05) is 31.2 Å². The average Bonchev–Trinajstić information content (AvgIpc) is 2.63. The van der Waals surface area contributed by atoms with Crippen LogP contribution in [0.25, 0.3) is 0 Å². The van der Waals surface area contributed by atoms with E-state index in [9.17, 15) is 9.59 Å².